The van der Waals surface area contributed by atoms with Gasteiger partial charge >= 0.3 is 5.97 Å². The van der Waals surface area contributed by atoms with Crippen molar-refractivity contribution in [1.82, 2.24) is 0 Å². The predicted molar refractivity (Wildman–Crippen MR) is 78.8 cm³/mol. The van der Waals surface area contributed by atoms with Crippen LogP contribution in [0.25, 0.3) is 0 Å². The first-order chi connectivity index (χ1) is 9.43. The Morgan fingerprint density at radius 3 is 2.70 bits per heavy atom. The molecule has 0 saturated carbocycles. The minimum atomic E-state index is -0.525. The Bertz CT molecular complexity index is 538. The Labute approximate surface area is 127 Å². The Balaban J connectivity index is 2.54. The van der Waals surface area contributed by atoms with Gasteiger partial charge in [0.2, 0.25) is 5.91 Å². The fourth-order valence-corrected chi connectivity index (χ4v) is 2.30. The molecule has 1 aromatic carbocycles. The molecule has 0 saturated heterocycles. The highest BCUT2D eigenvalue weighted by molar-refractivity contribution is 9.10. The number of nitro benzene ring substituents is 1. The summed E-state index contributed by atoms with van der Waals surface area (Å²) in [7, 11) is 1.27. The van der Waals surface area contributed by atoms with Crippen molar-refractivity contribution in [3.63, 3.8) is 0 Å². The number of esters is 1. The number of ether oxygens (including phenoxy) is 1. The minimum absolute atomic E-state index is 0.0741. The lowest BCUT2D eigenvalue weighted by Crippen LogP contribution is -2.16. The zero-order chi connectivity index (χ0) is 15.1. The number of nitrogens with zero attached hydrogens (tertiary/aromatic N) is 1. The van der Waals surface area contributed by atoms with Gasteiger partial charge in [0.1, 0.15) is 0 Å². The molecule has 108 valence electrons. The van der Waals surface area contributed by atoms with Crippen LogP contribution in [-0.4, -0.2) is 35.4 Å². The number of nitro groups is 1. The third kappa shape index (κ3) is 5.17. The monoisotopic (exact) mass is 362 g/mol. The van der Waals surface area contributed by atoms with Gasteiger partial charge in [-0.1, -0.05) is 0 Å². The molecule has 0 bridgehead atoms. The lowest BCUT2D eigenvalue weighted by molar-refractivity contribution is -0.384. The van der Waals surface area contributed by atoms with Crippen LogP contribution in [0, 0.1) is 10.1 Å². The Morgan fingerprint density at radius 1 is 1.45 bits per heavy atom. The van der Waals surface area contributed by atoms with Gasteiger partial charge in [0, 0.05) is 16.6 Å². The first kappa shape index (κ1) is 16.4. The van der Waals surface area contributed by atoms with Crippen molar-refractivity contribution in [2.75, 3.05) is 23.9 Å². The number of rotatable bonds is 6. The number of carbonyl (C=O) groups is 2. The molecule has 0 spiro atoms. The van der Waals surface area contributed by atoms with Gasteiger partial charge in [-0.3, -0.25) is 19.7 Å². The number of carbonyl (C=O) groups excluding carboxylic acids is 2. The first-order valence-corrected chi connectivity index (χ1v) is 7.27. The third-order valence-electron chi connectivity index (χ3n) is 2.12. The number of non-ortho nitro benzene ring substituents is 1. The van der Waals surface area contributed by atoms with Crippen LogP contribution < -0.4 is 5.32 Å². The highest BCUT2D eigenvalue weighted by atomic mass is 79.9. The van der Waals surface area contributed by atoms with Crippen LogP contribution in [0.1, 0.15) is 0 Å². The van der Waals surface area contributed by atoms with Gasteiger partial charge in [0.15, 0.2) is 0 Å². The van der Waals surface area contributed by atoms with Crippen molar-refractivity contribution in [2.45, 2.75) is 0 Å². The lowest BCUT2D eigenvalue weighted by atomic mass is 10.3. The smallest absolute Gasteiger partial charge is 0.315 e. The number of hydrogen-bond acceptors (Lipinski definition) is 6. The van der Waals surface area contributed by atoms with Gasteiger partial charge in [-0.25, -0.2) is 0 Å². The highest BCUT2D eigenvalue weighted by Gasteiger charge is 2.11. The van der Waals surface area contributed by atoms with Gasteiger partial charge in [0.05, 0.1) is 29.2 Å². The van der Waals surface area contributed by atoms with Crippen molar-refractivity contribution in [3.05, 3.63) is 32.8 Å². The van der Waals surface area contributed by atoms with E-state index >= 15 is 0 Å². The average Bonchev–Trinajstić information content (AvgIpc) is 2.40. The maximum Gasteiger partial charge on any atom is 0.315 e. The predicted octanol–water partition coefficient (Wildman–Crippen LogP) is 2.20. The lowest BCUT2D eigenvalue weighted by Gasteiger charge is -2.06. The number of nitrogens with one attached hydrogen (secondary N) is 1. The Hall–Kier alpha value is -1.61. The molecule has 0 aliphatic heterocycles. The van der Waals surface area contributed by atoms with Crippen molar-refractivity contribution in [1.29, 1.82) is 0 Å². The minimum Gasteiger partial charge on any atom is -0.468 e. The summed E-state index contributed by atoms with van der Waals surface area (Å²) in [5, 5.41) is 13.2. The van der Waals surface area contributed by atoms with Crippen molar-refractivity contribution >= 4 is 50.9 Å². The molecular formula is C11H11BrN2O5S. The van der Waals surface area contributed by atoms with E-state index in [9.17, 15) is 19.7 Å². The van der Waals surface area contributed by atoms with E-state index in [1.165, 1.54) is 25.3 Å². The standard InChI is InChI=1S/C11H11BrN2O5S/c1-19-11(16)6-20-5-10(15)13-9-3-2-7(14(17)18)4-8(9)12/h2-4H,5-6H2,1H3,(H,13,15). The molecule has 0 atom stereocenters. The van der Waals surface area contributed by atoms with Crippen LogP contribution in [-0.2, 0) is 14.3 Å². The Kier molecular flexibility index (Phi) is 6.46. The summed E-state index contributed by atoms with van der Waals surface area (Å²) < 4.78 is 4.86. The molecule has 1 amide bonds. The quantitative estimate of drug-likeness (QED) is 0.473. The fraction of sp³-hybridized carbons (Fsp3) is 0.273. The molecule has 0 aromatic heterocycles. The van der Waals surface area contributed by atoms with Crippen LogP contribution >= 0.6 is 27.7 Å². The topological polar surface area (TPSA) is 98.5 Å². The van der Waals surface area contributed by atoms with Gasteiger partial charge in [0.25, 0.3) is 5.69 Å². The number of halogens is 1. The second-order valence-electron chi connectivity index (χ2n) is 3.54. The molecule has 0 aliphatic rings. The van der Waals surface area contributed by atoms with Gasteiger partial charge in [-0.05, 0) is 22.0 Å². The van der Waals surface area contributed by atoms with E-state index in [0.29, 0.717) is 10.2 Å². The largest absolute Gasteiger partial charge is 0.468 e. The van der Waals surface area contributed by atoms with E-state index in [0.717, 1.165) is 11.8 Å². The molecule has 0 aliphatic carbocycles. The molecule has 1 rings (SSSR count). The molecule has 0 unspecified atom stereocenters. The summed E-state index contributed by atoms with van der Waals surface area (Å²) in [6.07, 6.45) is 0. The van der Waals surface area contributed by atoms with Crippen molar-refractivity contribution in [3.8, 4) is 0 Å². The summed E-state index contributed by atoms with van der Waals surface area (Å²) in [5.74, 6) is -0.545. The average molecular weight is 363 g/mol. The van der Waals surface area contributed by atoms with Crippen molar-refractivity contribution < 1.29 is 19.2 Å². The number of amides is 1. The van der Waals surface area contributed by atoms with E-state index < -0.39 is 10.9 Å². The molecular weight excluding hydrogens is 352 g/mol. The SMILES string of the molecule is COC(=O)CSCC(=O)Nc1ccc([N+](=O)[O-])cc1Br. The summed E-state index contributed by atoms with van der Waals surface area (Å²) in [6, 6.07) is 4.03. The Morgan fingerprint density at radius 2 is 2.15 bits per heavy atom. The maximum absolute atomic E-state index is 11.6. The van der Waals surface area contributed by atoms with E-state index in [-0.39, 0.29) is 23.1 Å². The number of thioether (sulfide) groups is 1. The summed E-state index contributed by atoms with van der Waals surface area (Å²) in [6.45, 7) is 0. The van der Waals surface area contributed by atoms with Gasteiger partial charge in [-0.2, -0.15) is 0 Å². The van der Waals surface area contributed by atoms with Crippen LogP contribution in [0.2, 0.25) is 0 Å². The molecule has 20 heavy (non-hydrogen) atoms. The molecule has 1 aromatic rings. The molecule has 7 nitrogen and oxygen atoms in total. The number of hydrogen-bond donors (Lipinski definition) is 1. The van der Waals surface area contributed by atoms with Crippen molar-refractivity contribution in [2.24, 2.45) is 0 Å². The number of benzene rings is 1. The molecule has 1 N–H and O–H groups in total. The summed E-state index contributed by atoms with van der Waals surface area (Å²) in [5.41, 5.74) is 0.356. The maximum atomic E-state index is 11.6. The zero-order valence-corrected chi connectivity index (χ0v) is 12.8. The summed E-state index contributed by atoms with van der Waals surface area (Å²) in [4.78, 5) is 32.5. The molecule has 0 heterocycles. The zero-order valence-electron chi connectivity index (χ0n) is 10.4. The van der Waals surface area contributed by atoms with Crippen LogP contribution in [0.3, 0.4) is 0 Å². The van der Waals surface area contributed by atoms with Crippen LogP contribution in [0.5, 0.6) is 0 Å². The van der Waals surface area contributed by atoms with E-state index in [1.807, 2.05) is 0 Å². The van der Waals surface area contributed by atoms with E-state index in [1.54, 1.807) is 0 Å². The first-order valence-electron chi connectivity index (χ1n) is 5.32. The third-order valence-corrected chi connectivity index (χ3v) is 3.68. The van der Waals surface area contributed by atoms with Crippen LogP contribution in [0.15, 0.2) is 22.7 Å². The molecule has 0 fully saturated rings. The van der Waals surface area contributed by atoms with E-state index in [2.05, 4.69) is 26.0 Å². The fourth-order valence-electron chi connectivity index (χ4n) is 1.19. The number of anilines is 1. The summed E-state index contributed by atoms with van der Waals surface area (Å²) >= 11 is 4.26. The van der Waals surface area contributed by atoms with Gasteiger partial charge in [-0.15, -0.1) is 11.8 Å². The molecule has 0 radical (unpaired) electrons. The second kappa shape index (κ2) is 7.85. The highest BCUT2D eigenvalue weighted by Crippen LogP contribution is 2.27. The number of methoxy groups -OCH3 is 1. The van der Waals surface area contributed by atoms with E-state index in [4.69, 9.17) is 0 Å². The molecule has 9 heteroatoms. The van der Waals surface area contributed by atoms with Gasteiger partial charge < -0.3 is 10.1 Å². The normalized spacial score (nSPS) is 9.90. The van der Waals surface area contributed by atoms with Crippen LogP contribution in [0.4, 0.5) is 11.4 Å². The second-order valence-corrected chi connectivity index (χ2v) is 5.38.